The van der Waals surface area contributed by atoms with Gasteiger partial charge < -0.3 is 21.5 Å². The molecular weight excluding hydrogens is 502 g/mol. The van der Waals surface area contributed by atoms with Crippen LogP contribution in [-0.2, 0) is 5.44 Å². The largest absolute Gasteiger partial charge is 0.378 e. The van der Waals surface area contributed by atoms with E-state index in [2.05, 4.69) is 50.0 Å². The molecule has 2 radical (unpaired) electrons. The van der Waals surface area contributed by atoms with Crippen molar-refractivity contribution in [3.63, 3.8) is 0 Å². The zero-order valence-corrected chi connectivity index (χ0v) is 21.1. The first-order valence-electron chi connectivity index (χ1n) is 11.9. The normalized spacial score (nSPS) is 14.9. The summed E-state index contributed by atoms with van der Waals surface area (Å²) in [6, 6.07) is 18.5. The van der Waals surface area contributed by atoms with Gasteiger partial charge in [-0.3, -0.25) is 4.98 Å². The van der Waals surface area contributed by atoms with Crippen molar-refractivity contribution in [1.29, 1.82) is 5.26 Å². The van der Waals surface area contributed by atoms with Crippen molar-refractivity contribution in [3.05, 3.63) is 107 Å². The van der Waals surface area contributed by atoms with E-state index in [4.69, 9.17) is 19.4 Å². The zero-order valence-electron chi connectivity index (χ0n) is 20.4. The summed E-state index contributed by atoms with van der Waals surface area (Å²) in [4.78, 5) is 8.22. The van der Waals surface area contributed by atoms with E-state index >= 15 is 0 Å². The number of rotatable bonds is 8. The third-order valence-electron chi connectivity index (χ3n) is 6.41. The van der Waals surface area contributed by atoms with Crippen LogP contribution in [0.3, 0.4) is 0 Å². The minimum absolute atomic E-state index is 0.0480. The number of nitriles is 1. The maximum Gasteiger partial charge on any atom is 0.212 e. The predicted molar refractivity (Wildman–Crippen MR) is 147 cm³/mol. The summed E-state index contributed by atoms with van der Waals surface area (Å²) in [5.41, 5.74) is 11.4. The van der Waals surface area contributed by atoms with Crippen LogP contribution in [0.4, 0.5) is 15.8 Å². The molecule has 11 heteroatoms. The first-order valence-corrected chi connectivity index (χ1v) is 12.3. The highest BCUT2D eigenvalue weighted by molar-refractivity contribution is 6.36. The number of nitrogens with zero attached hydrogens (tertiary/aromatic N) is 3. The van der Waals surface area contributed by atoms with Crippen LogP contribution in [0.25, 0.3) is 10.9 Å². The SMILES string of the molecule is [B]C(Nc1cc(Cl)c2ncc(C#N)c(N[C@H](CC)c3ccccc3)c2c1)(C1=CNNN1)c1ccc(F)nc1. The van der Waals surface area contributed by atoms with E-state index < -0.39 is 11.4 Å². The smallest absolute Gasteiger partial charge is 0.212 e. The molecule has 1 unspecified atom stereocenters. The van der Waals surface area contributed by atoms with Gasteiger partial charge in [0.25, 0.3) is 0 Å². The fraction of sp³-hybridized carbons (Fsp3) is 0.148. The molecule has 2 atom stereocenters. The number of hydrogen-bond acceptors (Lipinski definition) is 8. The third kappa shape index (κ3) is 4.82. The summed E-state index contributed by atoms with van der Waals surface area (Å²) in [5.74, 6) is -0.621. The van der Waals surface area contributed by atoms with Crippen LogP contribution in [0, 0.1) is 17.3 Å². The summed E-state index contributed by atoms with van der Waals surface area (Å²) in [5, 5.41) is 17.8. The van der Waals surface area contributed by atoms with Crippen LogP contribution in [0.1, 0.15) is 36.1 Å². The Balaban J connectivity index is 1.61. The lowest BCUT2D eigenvalue weighted by Gasteiger charge is -2.34. The Hall–Kier alpha value is -4.33. The lowest BCUT2D eigenvalue weighted by atomic mass is 9.70. The second kappa shape index (κ2) is 10.6. The number of hydrazine groups is 2. The van der Waals surface area contributed by atoms with Gasteiger partial charge in [-0.05, 0) is 35.7 Å². The Morgan fingerprint density at radius 2 is 1.97 bits per heavy atom. The molecule has 2 aromatic carbocycles. The Bertz CT molecular complexity index is 1540. The van der Waals surface area contributed by atoms with Crippen LogP contribution < -0.4 is 27.0 Å². The number of anilines is 2. The number of nitrogens with one attached hydrogen (secondary N) is 5. The standard InChI is InChI=1S/C27H23BClFN8/c1-2-22(16-6-4-3-5-7-16)35-25-17(12-31)13-33-26-20(25)10-19(11-21(26)29)36-27(28,23-15-34-38-37-23)18-8-9-24(30)32-14-18/h3-11,13-15,22,34,36-38H,2H2,1H3,(H,33,35)/t22-,27?/m1/s1. The van der Waals surface area contributed by atoms with E-state index in [1.807, 2.05) is 36.4 Å². The molecule has 0 spiro atoms. The van der Waals surface area contributed by atoms with Crippen molar-refractivity contribution < 1.29 is 4.39 Å². The fourth-order valence-electron chi connectivity index (χ4n) is 4.44. The molecule has 0 bridgehead atoms. The molecule has 4 aromatic rings. The highest BCUT2D eigenvalue weighted by atomic mass is 35.5. The molecule has 8 nitrogen and oxygen atoms in total. The van der Waals surface area contributed by atoms with Crippen molar-refractivity contribution in [2.24, 2.45) is 0 Å². The number of pyridine rings is 2. The van der Waals surface area contributed by atoms with E-state index in [1.165, 1.54) is 18.5 Å². The molecule has 2 aromatic heterocycles. The molecule has 0 amide bonds. The van der Waals surface area contributed by atoms with Gasteiger partial charge in [0.2, 0.25) is 5.95 Å². The van der Waals surface area contributed by atoms with E-state index in [-0.39, 0.29) is 6.04 Å². The number of hydrogen-bond donors (Lipinski definition) is 5. The molecule has 1 aliphatic rings. The zero-order chi connectivity index (χ0) is 26.7. The highest BCUT2D eigenvalue weighted by Crippen LogP contribution is 2.38. The van der Waals surface area contributed by atoms with Gasteiger partial charge in [-0.15, -0.1) is 0 Å². The summed E-state index contributed by atoms with van der Waals surface area (Å²) >= 11 is 6.70. The minimum atomic E-state index is -1.35. The average molecular weight is 525 g/mol. The Labute approximate surface area is 225 Å². The maximum absolute atomic E-state index is 13.6. The van der Waals surface area contributed by atoms with E-state index in [0.717, 1.165) is 12.0 Å². The van der Waals surface area contributed by atoms with E-state index in [1.54, 1.807) is 18.3 Å². The van der Waals surface area contributed by atoms with Gasteiger partial charge in [0.05, 0.1) is 39.0 Å². The highest BCUT2D eigenvalue weighted by Gasteiger charge is 2.33. The summed E-state index contributed by atoms with van der Waals surface area (Å²) in [6.07, 6.45) is 5.31. The van der Waals surface area contributed by atoms with Crippen LogP contribution >= 0.6 is 11.6 Å². The maximum atomic E-state index is 13.6. The molecule has 0 aliphatic carbocycles. The van der Waals surface area contributed by atoms with Gasteiger partial charge >= 0.3 is 0 Å². The first kappa shape index (κ1) is 25.3. The number of fused-ring (bicyclic) bond motifs is 1. The van der Waals surface area contributed by atoms with Gasteiger partial charge in [0.1, 0.15) is 13.9 Å². The van der Waals surface area contributed by atoms with Crippen molar-refractivity contribution in [2.45, 2.75) is 24.8 Å². The fourth-order valence-corrected chi connectivity index (χ4v) is 4.71. The van der Waals surface area contributed by atoms with Gasteiger partial charge in [0.15, 0.2) is 0 Å². The van der Waals surface area contributed by atoms with Crippen LogP contribution in [0.2, 0.25) is 5.02 Å². The predicted octanol–water partition coefficient (Wildman–Crippen LogP) is 4.74. The van der Waals surface area contributed by atoms with E-state index in [9.17, 15) is 9.65 Å². The molecule has 188 valence electrons. The Morgan fingerprint density at radius 1 is 1.16 bits per heavy atom. The number of benzene rings is 2. The summed E-state index contributed by atoms with van der Waals surface area (Å²) < 4.78 is 13.6. The lowest BCUT2D eigenvalue weighted by molar-refractivity contribution is 0.564. The quantitative estimate of drug-likeness (QED) is 0.166. The molecule has 0 saturated carbocycles. The molecule has 5 rings (SSSR count). The van der Waals surface area contributed by atoms with Gasteiger partial charge in [-0.2, -0.15) is 15.2 Å². The second-order valence-corrected chi connectivity index (χ2v) is 9.19. The monoisotopic (exact) mass is 524 g/mol. The molecular formula is C27H23BClFN8. The van der Waals surface area contributed by atoms with Crippen molar-refractivity contribution in [1.82, 2.24) is 26.4 Å². The average Bonchev–Trinajstić information content (AvgIpc) is 3.48. The van der Waals surface area contributed by atoms with Crippen molar-refractivity contribution >= 4 is 41.7 Å². The van der Waals surface area contributed by atoms with Crippen LogP contribution in [0.5, 0.6) is 0 Å². The van der Waals surface area contributed by atoms with Gasteiger partial charge in [-0.25, -0.2) is 4.98 Å². The molecule has 1 aliphatic heterocycles. The summed E-state index contributed by atoms with van der Waals surface area (Å²) in [7, 11) is 6.86. The first-order chi connectivity index (χ1) is 18.4. The summed E-state index contributed by atoms with van der Waals surface area (Å²) in [6.45, 7) is 2.07. The molecule has 3 heterocycles. The molecule has 0 fully saturated rings. The molecule has 38 heavy (non-hydrogen) atoms. The number of aromatic nitrogens is 2. The third-order valence-corrected chi connectivity index (χ3v) is 6.70. The van der Waals surface area contributed by atoms with Crippen molar-refractivity contribution in [2.75, 3.05) is 10.6 Å². The van der Waals surface area contributed by atoms with Gasteiger partial charge in [0, 0.05) is 29.7 Å². The Kier molecular flexibility index (Phi) is 7.05. The molecule has 5 N–H and O–H groups in total. The lowest BCUT2D eigenvalue weighted by Crippen LogP contribution is -2.45. The minimum Gasteiger partial charge on any atom is -0.378 e. The van der Waals surface area contributed by atoms with E-state index in [0.29, 0.717) is 44.1 Å². The van der Waals surface area contributed by atoms with Crippen LogP contribution in [0.15, 0.2) is 78.9 Å². The molecule has 0 saturated heterocycles. The van der Waals surface area contributed by atoms with Gasteiger partial charge in [-0.1, -0.05) is 54.9 Å². The Morgan fingerprint density at radius 3 is 2.63 bits per heavy atom. The second-order valence-electron chi connectivity index (χ2n) is 8.78. The number of halogens is 2. The van der Waals surface area contributed by atoms with Crippen LogP contribution in [-0.4, -0.2) is 17.8 Å². The topological polar surface area (TPSA) is 110 Å². The van der Waals surface area contributed by atoms with Crippen molar-refractivity contribution in [3.8, 4) is 6.07 Å².